The molecule has 1 N–H and O–H groups in total. The van der Waals surface area contributed by atoms with Crippen molar-refractivity contribution in [3.8, 4) is 6.07 Å². The number of amides is 1. The first-order chi connectivity index (χ1) is 13.4. The van der Waals surface area contributed by atoms with E-state index in [0.29, 0.717) is 10.7 Å². The Balaban J connectivity index is 1.82. The van der Waals surface area contributed by atoms with E-state index in [1.807, 2.05) is 39.0 Å². The van der Waals surface area contributed by atoms with Gasteiger partial charge in [-0.3, -0.25) is 4.79 Å². The van der Waals surface area contributed by atoms with Crippen LogP contribution in [0.4, 0.5) is 5.69 Å². The highest BCUT2D eigenvalue weighted by atomic mass is 35.5. The van der Waals surface area contributed by atoms with Gasteiger partial charge in [0.25, 0.3) is 5.91 Å². The van der Waals surface area contributed by atoms with E-state index in [2.05, 4.69) is 9.88 Å². The van der Waals surface area contributed by atoms with E-state index in [1.165, 1.54) is 0 Å². The topological polar surface area (TPSA) is 67.0 Å². The minimum Gasteiger partial charge on any atom is -0.376 e. The maximum Gasteiger partial charge on any atom is 0.266 e. The number of ether oxygens (including phenoxy) is 1. The molecule has 1 aromatic carbocycles. The van der Waals surface area contributed by atoms with Crippen LogP contribution in [0.2, 0.25) is 5.02 Å². The fourth-order valence-corrected chi connectivity index (χ4v) is 3.74. The summed E-state index contributed by atoms with van der Waals surface area (Å²) in [5, 5.41) is 12.7. The summed E-state index contributed by atoms with van der Waals surface area (Å²) in [5.41, 5.74) is 4.48. The highest BCUT2D eigenvalue weighted by Crippen LogP contribution is 2.25. The van der Waals surface area contributed by atoms with Crippen molar-refractivity contribution in [3.05, 3.63) is 57.4 Å². The van der Waals surface area contributed by atoms with Crippen molar-refractivity contribution in [1.82, 2.24) is 4.57 Å². The van der Waals surface area contributed by atoms with Crippen molar-refractivity contribution >= 4 is 29.3 Å². The summed E-state index contributed by atoms with van der Waals surface area (Å²) in [6.07, 6.45) is 4.01. The van der Waals surface area contributed by atoms with Gasteiger partial charge in [0.1, 0.15) is 11.6 Å². The van der Waals surface area contributed by atoms with Crippen LogP contribution in [0.15, 0.2) is 29.8 Å². The molecule has 0 spiro atoms. The average Bonchev–Trinajstić information content (AvgIpc) is 3.26. The molecule has 0 saturated carbocycles. The van der Waals surface area contributed by atoms with Crippen LogP contribution in [0.5, 0.6) is 0 Å². The Bertz CT molecular complexity index is 963. The van der Waals surface area contributed by atoms with E-state index in [1.54, 1.807) is 18.2 Å². The molecule has 6 heteroatoms. The third kappa shape index (κ3) is 4.46. The molecule has 1 aromatic heterocycles. The molecule has 5 nitrogen and oxygen atoms in total. The van der Waals surface area contributed by atoms with Gasteiger partial charge in [-0.05, 0) is 69.0 Å². The monoisotopic (exact) mass is 397 g/mol. The van der Waals surface area contributed by atoms with Crippen LogP contribution in [-0.2, 0) is 16.1 Å². The van der Waals surface area contributed by atoms with E-state index in [-0.39, 0.29) is 11.7 Å². The summed E-state index contributed by atoms with van der Waals surface area (Å²) in [6.45, 7) is 7.55. The number of rotatable bonds is 5. The summed E-state index contributed by atoms with van der Waals surface area (Å²) < 4.78 is 7.92. The average molecular weight is 398 g/mol. The van der Waals surface area contributed by atoms with Gasteiger partial charge in [-0.1, -0.05) is 17.7 Å². The molecule has 1 atom stereocenters. The molecule has 28 heavy (non-hydrogen) atoms. The van der Waals surface area contributed by atoms with Crippen LogP contribution in [0.25, 0.3) is 6.08 Å². The van der Waals surface area contributed by atoms with Crippen molar-refractivity contribution in [2.45, 2.75) is 46.3 Å². The molecular weight excluding hydrogens is 374 g/mol. The number of nitrogens with one attached hydrogen (secondary N) is 1. The van der Waals surface area contributed by atoms with Gasteiger partial charge in [-0.15, -0.1) is 0 Å². The minimum atomic E-state index is -0.475. The summed E-state index contributed by atoms with van der Waals surface area (Å²) in [5.74, 6) is -0.475. The first kappa shape index (κ1) is 20.2. The molecule has 1 fully saturated rings. The van der Waals surface area contributed by atoms with Gasteiger partial charge in [0.15, 0.2) is 0 Å². The molecule has 2 heterocycles. The normalized spacial score (nSPS) is 16.8. The number of benzene rings is 1. The molecule has 1 unspecified atom stereocenters. The molecule has 2 aromatic rings. The van der Waals surface area contributed by atoms with Gasteiger partial charge >= 0.3 is 0 Å². The van der Waals surface area contributed by atoms with Crippen LogP contribution in [0, 0.1) is 32.1 Å². The summed E-state index contributed by atoms with van der Waals surface area (Å²) in [6, 6.07) is 9.36. The largest absolute Gasteiger partial charge is 0.376 e. The molecule has 0 bridgehead atoms. The maximum atomic E-state index is 12.6. The molecule has 1 amide bonds. The van der Waals surface area contributed by atoms with Crippen LogP contribution >= 0.6 is 11.6 Å². The second-order valence-corrected chi connectivity index (χ2v) is 7.59. The Kier molecular flexibility index (Phi) is 6.23. The Labute approximate surface area is 170 Å². The number of carbonyl (C=O) groups excluding carboxylic acids is 1. The standard InChI is InChI=1S/C22H24ClN3O2/c1-14-6-7-21(20(23)9-14)25-22(27)18(12-24)11-17-10-15(2)26(16(17)3)13-19-5-4-8-28-19/h6-7,9-11,19H,4-5,8,13H2,1-3H3,(H,25,27)/b18-11+. The SMILES string of the molecule is Cc1ccc(NC(=O)/C(C#N)=C/c2cc(C)n(CC3CCCO3)c2C)c(Cl)c1. The van der Waals surface area contributed by atoms with E-state index >= 15 is 0 Å². The number of hydrogen-bond donors (Lipinski definition) is 1. The van der Waals surface area contributed by atoms with Crippen molar-refractivity contribution < 1.29 is 9.53 Å². The predicted molar refractivity (Wildman–Crippen MR) is 111 cm³/mol. The fraction of sp³-hybridized carbons (Fsp3) is 0.364. The molecular formula is C22H24ClN3O2. The number of halogens is 1. The van der Waals surface area contributed by atoms with Crippen LogP contribution in [0.3, 0.4) is 0 Å². The molecule has 0 radical (unpaired) electrons. The van der Waals surface area contributed by atoms with Gasteiger partial charge < -0.3 is 14.6 Å². The van der Waals surface area contributed by atoms with Gasteiger partial charge in [0.2, 0.25) is 0 Å². The van der Waals surface area contributed by atoms with E-state index in [9.17, 15) is 10.1 Å². The molecule has 1 aliphatic rings. The quantitative estimate of drug-likeness (QED) is 0.582. The van der Waals surface area contributed by atoms with Crippen LogP contribution < -0.4 is 5.32 Å². The van der Waals surface area contributed by atoms with Crippen molar-refractivity contribution in [3.63, 3.8) is 0 Å². The number of aryl methyl sites for hydroxylation is 2. The van der Waals surface area contributed by atoms with E-state index < -0.39 is 5.91 Å². The molecule has 0 aliphatic carbocycles. The number of nitriles is 1. The van der Waals surface area contributed by atoms with E-state index in [0.717, 1.165) is 48.5 Å². The number of aromatic nitrogens is 1. The third-order valence-corrected chi connectivity index (χ3v) is 5.37. The first-order valence-corrected chi connectivity index (χ1v) is 9.74. The Morgan fingerprint density at radius 2 is 2.18 bits per heavy atom. The maximum absolute atomic E-state index is 12.6. The summed E-state index contributed by atoms with van der Waals surface area (Å²) in [4.78, 5) is 12.6. The Hall–Kier alpha value is -2.55. The molecule has 1 saturated heterocycles. The second kappa shape index (κ2) is 8.64. The lowest BCUT2D eigenvalue weighted by Gasteiger charge is -2.14. The zero-order chi connectivity index (χ0) is 20.3. The fourth-order valence-electron chi connectivity index (χ4n) is 3.46. The predicted octanol–water partition coefficient (Wildman–Crippen LogP) is 4.79. The van der Waals surface area contributed by atoms with Crippen LogP contribution in [-0.4, -0.2) is 23.2 Å². The lowest BCUT2D eigenvalue weighted by molar-refractivity contribution is -0.112. The lowest BCUT2D eigenvalue weighted by Crippen LogP contribution is -2.17. The zero-order valence-electron chi connectivity index (χ0n) is 16.4. The van der Waals surface area contributed by atoms with Gasteiger partial charge in [-0.2, -0.15) is 5.26 Å². The van der Waals surface area contributed by atoms with Gasteiger partial charge in [0.05, 0.1) is 16.8 Å². The minimum absolute atomic E-state index is 0.0361. The second-order valence-electron chi connectivity index (χ2n) is 7.18. The number of nitrogens with zero attached hydrogens (tertiary/aromatic N) is 2. The van der Waals surface area contributed by atoms with Crippen molar-refractivity contribution in [1.29, 1.82) is 5.26 Å². The Morgan fingerprint density at radius 1 is 1.39 bits per heavy atom. The van der Waals surface area contributed by atoms with Gasteiger partial charge in [-0.25, -0.2) is 0 Å². The highest BCUT2D eigenvalue weighted by Gasteiger charge is 2.19. The summed E-state index contributed by atoms with van der Waals surface area (Å²) >= 11 is 6.18. The summed E-state index contributed by atoms with van der Waals surface area (Å²) in [7, 11) is 0. The lowest BCUT2D eigenvalue weighted by atomic mass is 10.1. The molecule has 1 aliphatic heterocycles. The molecule has 146 valence electrons. The van der Waals surface area contributed by atoms with Crippen molar-refractivity contribution in [2.75, 3.05) is 11.9 Å². The first-order valence-electron chi connectivity index (χ1n) is 9.36. The van der Waals surface area contributed by atoms with Crippen molar-refractivity contribution in [2.24, 2.45) is 0 Å². The molecule has 3 rings (SSSR count). The Morgan fingerprint density at radius 3 is 2.82 bits per heavy atom. The zero-order valence-corrected chi connectivity index (χ0v) is 17.1. The van der Waals surface area contributed by atoms with Crippen LogP contribution in [0.1, 0.15) is 35.4 Å². The van der Waals surface area contributed by atoms with E-state index in [4.69, 9.17) is 16.3 Å². The third-order valence-electron chi connectivity index (χ3n) is 5.06. The smallest absolute Gasteiger partial charge is 0.266 e. The number of anilines is 1. The number of hydrogen-bond acceptors (Lipinski definition) is 3. The van der Waals surface area contributed by atoms with Gasteiger partial charge in [0, 0.05) is 24.5 Å². The highest BCUT2D eigenvalue weighted by molar-refractivity contribution is 6.34. The number of carbonyl (C=O) groups is 1.